The summed E-state index contributed by atoms with van der Waals surface area (Å²) in [6.45, 7) is 6.18. The molecule has 0 bridgehead atoms. The number of amides is 1. The van der Waals surface area contributed by atoms with Gasteiger partial charge in [0, 0.05) is 16.8 Å². The van der Waals surface area contributed by atoms with Crippen molar-refractivity contribution in [2.75, 3.05) is 5.32 Å². The van der Waals surface area contributed by atoms with Crippen molar-refractivity contribution >= 4 is 40.0 Å². The average molecular weight is 430 g/mol. The number of oxazole rings is 1. The smallest absolute Gasteiger partial charge is 0.257 e. The summed E-state index contributed by atoms with van der Waals surface area (Å²) in [7, 11) is 0. The molecule has 2 N–H and O–H groups in total. The first-order chi connectivity index (χ1) is 14.9. The van der Waals surface area contributed by atoms with Gasteiger partial charge in [-0.05, 0) is 80.0 Å². The number of anilines is 1. The minimum atomic E-state index is -0.250. The van der Waals surface area contributed by atoms with Gasteiger partial charge in [-0.3, -0.25) is 10.1 Å². The van der Waals surface area contributed by atoms with Crippen LogP contribution in [-0.2, 0) is 6.42 Å². The van der Waals surface area contributed by atoms with Gasteiger partial charge in [0.25, 0.3) is 5.91 Å². The number of hydrogen-bond acceptors (Lipinski definition) is 4. The van der Waals surface area contributed by atoms with E-state index in [1.807, 2.05) is 49.4 Å². The summed E-state index contributed by atoms with van der Waals surface area (Å²) in [5.41, 5.74) is 7.13. The Kier molecular flexibility index (Phi) is 5.82. The number of nitrogens with one attached hydrogen (secondary N) is 2. The van der Waals surface area contributed by atoms with Crippen molar-refractivity contribution in [3.63, 3.8) is 0 Å². The Morgan fingerprint density at radius 2 is 1.81 bits per heavy atom. The van der Waals surface area contributed by atoms with Gasteiger partial charge < -0.3 is 9.73 Å². The highest BCUT2D eigenvalue weighted by molar-refractivity contribution is 7.80. The molecule has 6 heteroatoms. The number of carbonyl (C=O) groups excluding carboxylic acids is 1. The van der Waals surface area contributed by atoms with Crippen molar-refractivity contribution in [1.82, 2.24) is 10.3 Å². The SMILES string of the molecule is CCc1ccc(C(=O)NC(=S)Nc2ccc3oc(-c4ccc(C)cc4C)nc3c2)cc1. The molecule has 0 fully saturated rings. The second kappa shape index (κ2) is 8.70. The van der Waals surface area contributed by atoms with Gasteiger partial charge in [-0.25, -0.2) is 4.98 Å². The monoisotopic (exact) mass is 429 g/mol. The van der Waals surface area contributed by atoms with E-state index in [4.69, 9.17) is 16.6 Å². The van der Waals surface area contributed by atoms with Crippen LogP contribution in [0.3, 0.4) is 0 Å². The van der Waals surface area contributed by atoms with Gasteiger partial charge in [0.15, 0.2) is 10.7 Å². The van der Waals surface area contributed by atoms with E-state index in [-0.39, 0.29) is 11.0 Å². The zero-order chi connectivity index (χ0) is 22.0. The van der Waals surface area contributed by atoms with Crippen molar-refractivity contribution in [3.8, 4) is 11.5 Å². The highest BCUT2D eigenvalue weighted by Crippen LogP contribution is 2.28. The maximum absolute atomic E-state index is 12.4. The predicted octanol–water partition coefficient (Wildman–Crippen LogP) is 5.80. The molecule has 0 saturated heterocycles. The molecule has 1 amide bonds. The van der Waals surface area contributed by atoms with Crippen molar-refractivity contribution in [2.45, 2.75) is 27.2 Å². The Balaban J connectivity index is 1.48. The number of aryl methyl sites for hydroxylation is 3. The summed E-state index contributed by atoms with van der Waals surface area (Å²) in [6.07, 6.45) is 0.928. The lowest BCUT2D eigenvalue weighted by atomic mass is 10.1. The van der Waals surface area contributed by atoms with Crippen LogP contribution < -0.4 is 10.6 Å². The fourth-order valence-corrected chi connectivity index (χ4v) is 3.61. The molecular weight excluding hydrogens is 406 g/mol. The van der Waals surface area contributed by atoms with Gasteiger partial charge in [-0.15, -0.1) is 0 Å². The molecule has 0 radical (unpaired) electrons. The quantitative estimate of drug-likeness (QED) is 0.401. The van der Waals surface area contributed by atoms with Crippen molar-refractivity contribution in [2.24, 2.45) is 0 Å². The predicted molar refractivity (Wildman–Crippen MR) is 128 cm³/mol. The molecule has 1 heterocycles. The second-order valence-electron chi connectivity index (χ2n) is 7.48. The molecule has 4 aromatic rings. The van der Waals surface area contributed by atoms with Crippen LogP contribution >= 0.6 is 12.2 Å². The fourth-order valence-electron chi connectivity index (χ4n) is 3.40. The van der Waals surface area contributed by atoms with Gasteiger partial charge in [0.2, 0.25) is 5.89 Å². The van der Waals surface area contributed by atoms with E-state index in [0.717, 1.165) is 23.2 Å². The fraction of sp³-hybridized carbons (Fsp3) is 0.160. The summed E-state index contributed by atoms with van der Waals surface area (Å²) in [5, 5.41) is 5.98. The lowest BCUT2D eigenvalue weighted by Crippen LogP contribution is -2.34. The molecule has 3 aromatic carbocycles. The molecule has 4 rings (SSSR count). The molecular formula is C25H23N3O2S. The highest BCUT2D eigenvalue weighted by Gasteiger charge is 2.12. The summed E-state index contributed by atoms with van der Waals surface area (Å²) < 4.78 is 5.93. The van der Waals surface area contributed by atoms with Crippen LogP contribution in [0.2, 0.25) is 0 Å². The maximum atomic E-state index is 12.4. The molecule has 31 heavy (non-hydrogen) atoms. The van der Waals surface area contributed by atoms with Crippen LogP contribution in [0.1, 0.15) is 34.0 Å². The van der Waals surface area contributed by atoms with Crippen LogP contribution in [-0.4, -0.2) is 16.0 Å². The highest BCUT2D eigenvalue weighted by atomic mass is 32.1. The van der Waals surface area contributed by atoms with Gasteiger partial charge in [-0.1, -0.05) is 36.8 Å². The van der Waals surface area contributed by atoms with Crippen molar-refractivity contribution in [3.05, 3.63) is 82.9 Å². The first kappa shape index (κ1) is 20.8. The summed E-state index contributed by atoms with van der Waals surface area (Å²) in [4.78, 5) is 17.0. The molecule has 156 valence electrons. The number of aromatic nitrogens is 1. The molecule has 0 aliphatic heterocycles. The first-order valence-electron chi connectivity index (χ1n) is 10.1. The molecule has 0 aliphatic rings. The number of nitrogens with zero attached hydrogens (tertiary/aromatic N) is 1. The van der Waals surface area contributed by atoms with Crippen LogP contribution in [0.4, 0.5) is 5.69 Å². The molecule has 5 nitrogen and oxygen atoms in total. The number of thiocarbonyl (C=S) groups is 1. The summed E-state index contributed by atoms with van der Waals surface area (Å²) in [5.74, 6) is 0.329. The number of rotatable bonds is 4. The zero-order valence-electron chi connectivity index (χ0n) is 17.7. The van der Waals surface area contributed by atoms with E-state index in [0.29, 0.717) is 22.6 Å². The third kappa shape index (κ3) is 4.64. The number of fused-ring (bicyclic) bond motifs is 1. The molecule has 0 spiro atoms. The van der Waals surface area contributed by atoms with Gasteiger partial charge in [0.1, 0.15) is 5.52 Å². The number of carbonyl (C=O) groups is 1. The van der Waals surface area contributed by atoms with E-state index >= 15 is 0 Å². The van der Waals surface area contributed by atoms with Crippen LogP contribution in [0.15, 0.2) is 65.1 Å². The van der Waals surface area contributed by atoms with E-state index in [1.54, 1.807) is 12.1 Å². The molecule has 0 atom stereocenters. The lowest BCUT2D eigenvalue weighted by molar-refractivity contribution is 0.0977. The molecule has 0 unspecified atom stereocenters. The normalized spacial score (nSPS) is 10.8. The number of hydrogen-bond donors (Lipinski definition) is 2. The standard InChI is InChI=1S/C25H23N3O2S/c1-4-17-6-8-18(9-7-17)23(29)28-25(31)26-19-10-12-22-21(14-19)27-24(30-22)20-11-5-15(2)13-16(20)3/h5-14H,4H2,1-3H3,(H2,26,28,29,31). The molecule has 0 aliphatic carbocycles. The van der Waals surface area contributed by atoms with E-state index in [1.165, 1.54) is 11.1 Å². The van der Waals surface area contributed by atoms with Gasteiger partial charge in [-0.2, -0.15) is 0 Å². The van der Waals surface area contributed by atoms with Gasteiger partial charge in [0.05, 0.1) is 0 Å². The van der Waals surface area contributed by atoms with E-state index < -0.39 is 0 Å². The number of benzene rings is 3. The summed E-state index contributed by atoms with van der Waals surface area (Å²) >= 11 is 5.31. The minimum absolute atomic E-state index is 0.224. The minimum Gasteiger partial charge on any atom is -0.436 e. The van der Waals surface area contributed by atoms with E-state index in [9.17, 15) is 4.79 Å². The lowest BCUT2D eigenvalue weighted by Gasteiger charge is -2.09. The largest absolute Gasteiger partial charge is 0.436 e. The third-order valence-corrected chi connectivity index (χ3v) is 5.31. The van der Waals surface area contributed by atoms with Crippen molar-refractivity contribution in [1.29, 1.82) is 0 Å². The molecule has 1 aromatic heterocycles. The topological polar surface area (TPSA) is 67.2 Å². The van der Waals surface area contributed by atoms with Gasteiger partial charge >= 0.3 is 0 Å². The van der Waals surface area contributed by atoms with Crippen LogP contribution in [0, 0.1) is 13.8 Å². The Hall–Kier alpha value is -3.51. The van der Waals surface area contributed by atoms with Crippen molar-refractivity contribution < 1.29 is 9.21 Å². The Morgan fingerprint density at radius 3 is 2.52 bits per heavy atom. The average Bonchev–Trinajstić information content (AvgIpc) is 3.16. The van der Waals surface area contributed by atoms with E-state index in [2.05, 4.69) is 35.5 Å². The first-order valence-corrected chi connectivity index (χ1v) is 10.5. The second-order valence-corrected chi connectivity index (χ2v) is 7.89. The maximum Gasteiger partial charge on any atom is 0.257 e. The Labute approximate surface area is 186 Å². The summed E-state index contributed by atoms with van der Waals surface area (Å²) in [6, 6.07) is 19.2. The Bertz CT molecular complexity index is 1280. The van der Waals surface area contributed by atoms with Crippen LogP contribution in [0.5, 0.6) is 0 Å². The van der Waals surface area contributed by atoms with Crippen LogP contribution in [0.25, 0.3) is 22.6 Å². The third-order valence-electron chi connectivity index (χ3n) is 5.11. The zero-order valence-corrected chi connectivity index (χ0v) is 18.5. The molecule has 0 saturated carbocycles. The Morgan fingerprint density at radius 1 is 1.03 bits per heavy atom.